The number of aliphatic hydroxyl groups excluding tert-OH is 1. The van der Waals surface area contributed by atoms with E-state index in [1.54, 1.807) is 19.9 Å². The molecule has 2 rings (SSSR count). The summed E-state index contributed by atoms with van der Waals surface area (Å²) in [6.45, 7) is 3.33. The van der Waals surface area contributed by atoms with Crippen LogP contribution in [0.4, 0.5) is 5.13 Å². The molecule has 2 N–H and O–H groups in total. The summed E-state index contributed by atoms with van der Waals surface area (Å²) in [6, 6.07) is 3.23. The molecule has 0 radical (unpaired) electrons. The van der Waals surface area contributed by atoms with Crippen molar-refractivity contribution in [3.8, 4) is 0 Å². The Morgan fingerprint density at radius 2 is 2.11 bits per heavy atom. The zero-order chi connectivity index (χ0) is 14.0. The Balaban J connectivity index is 2.48. The van der Waals surface area contributed by atoms with Crippen molar-refractivity contribution in [2.45, 2.75) is 25.3 Å². The molecule has 0 aliphatic rings. The lowest BCUT2D eigenvalue weighted by Crippen LogP contribution is -2.15. The van der Waals surface area contributed by atoms with Crippen LogP contribution >= 0.6 is 11.3 Å². The van der Waals surface area contributed by atoms with E-state index < -0.39 is 10.0 Å². The van der Waals surface area contributed by atoms with Gasteiger partial charge in [0.25, 0.3) is 10.0 Å². The zero-order valence-corrected chi connectivity index (χ0v) is 12.0. The molecule has 0 fully saturated rings. The van der Waals surface area contributed by atoms with Crippen LogP contribution in [-0.2, 0) is 16.6 Å². The molecule has 0 saturated heterocycles. The van der Waals surface area contributed by atoms with Crippen molar-refractivity contribution in [1.82, 2.24) is 10.2 Å². The largest absolute Gasteiger partial charge is 0.392 e. The highest BCUT2D eigenvalue weighted by atomic mass is 32.2. The Bertz CT molecular complexity index is 681. The molecule has 8 heteroatoms. The third-order valence-electron chi connectivity index (χ3n) is 2.73. The van der Waals surface area contributed by atoms with E-state index in [-0.39, 0.29) is 16.6 Å². The van der Waals surface area contributed by atoms with E-state index >= 15 is 0 Å². The van der Waals surface area contributed by atoms with E-state index in [0.29, 0.717) is 11.1 Å². The molecule has 1 aromatic heterocycles. The van der Waals surface area contributed by atoms with Gasteiger partial charge in [-0.15, -0.1) is 10.2 Å². The molecule has 2 aromatic rings. The predicted molar refractivity (Wildman–Crippen MR) is 72.6 cm³/mol. The van der Waals surface area contributed by atoms with Crippen LogP contribution in [0.5, 0.6) is 0 Å². The second kappa shape index (κ2) is 5.24. The summed E-state index contributed by atoms with van der Waals surface area (Å²) < 4.78 is 26.9. The fourth-order valence-electron chi connectivity index (χ4n) is 1.66. The number of nitrogens with one attached hydrogen (secondary N) is 1. The quantitative estimate of drug-likeness (QED) is 0.891. The summed E-state index contributed by atoms with van der Waals surface area (Å²) in [5.41, 5.74) is 3.46. The maximum Gasteiger partial charge on any atom is 0.263 e. The molecule has 0 saturated carbocycles. The summed E-state index contributed by atoms with van der Waals surface area (Å²) in [6.07, 6.45) is 0. The second-order valence-corrected chi connectivity index (χ2v) is 6.53. The van der Waals surface area contributed by atoms with Gasteiger partial charge < -0.3 is 5.11 Å². The van der Waals surface area contributed by atoms with E-state index in [2.05, 4.69) is 14.9 Å². The molecule has 6 nitrogen and oxygen atoms in total. The molecule has 0 bridgehead atoms. The van der Waals surface area contributed by atoms with Gasteiger partial charge in [-0.2, -0.15) is 0 Å². The van der Waals surface area contributed by atoms with Crippen molar-refractivity contribution in [2.24, 2.45) is 0 Å². The summed E-state index contributed by atoms with van der Waals surface area (Å²) >= 11 is 1.10. The Labute approximate surface area is 115 Å². The smallest absolute Gasteiger partial charge is 0.263 e. The van der Waals surface area contributed by atoms with Crippen molar-refractivity contribution >= 4 is 26.5 Å². The molecule has 1 aromatic carbocycles. The average molecular weight is 299 g/mol. The van der Waals surface area contributed by atoms with Gasteiger partial charge in [-0.05, 0) is 36.6 Å². The van der Waals surface area contributed by atoms with Crippen molar-refractivity contribution in [3.05, 3.63) is 34.3 Å². The lowest BCUT2D eigenvalue weighted by Gasteiger charge is -2.12. The first-order valence-corrected chi connectivity index (χ1v) is 7.80. The lowest BCUT2D eigenvalue weighted by molar-refractivity contribution is 0.281. The minimum atomic E-state index is -3.72. The van der Waals surface area contributed by atoms with Crippen molar-refractivity contribution < 1.29 is 13.5 Å². The van der Waals surface area contributed by atoms with Crippen LogP contribution in [0.2, 0.25) is 0 Å². The molecular weight excluding hydrogens is 286 g/mol. The second-order valence-electron chi connectivity index (χ2n) is 4.04. The molecule has 0 unspecified atom stereocenters. The van der Waals surface area contributed by atoms with Gasteiger partial charge in [-0.1, -0.05) is 17.4 Å². The third kappa shape index (κ3) is 2.91. The number of nitrogens with zero attached hydrogens (tertiary/aromatic N) is 2. The normalized spacial score (nSPS) is 11.5. The first kappa shape index (κ1) is 13.9. The topological polar surface area (TPSA) is 92.2 Å². The maximum absolute atomic E-state index is 12.3. The number of aromatic nitrogens is 2. The Morgan fingerprint density at radius 3 is 2.68 bits per heavy atom. The fraction of sp³-hybridized carbons (Fsp3) is 0.273. The first-order valence-electron chi connectivity index (χ1n) is 5.44. The Kier molecular flexibility index (Phi) is 3.83. The van der Waals surface area contributed by atoms with E-state index in [1.807, 2.05) is 0 Å². The van der Waals surface area contributed by atoms with Gasteiger partial charge in [0.2, 0.25) is 5.13 Å². The van der Waals surface area contributed by atoms with Crippen LogP contribution in [0.15, 0.2) is 22.5 Å². The highest BCUT2D eigenvalue weighted by Gasteiger charge is 2.20. The fourth-order valence-corrected chi connectivity index (χ4v) is 3.72. The molecular formula is C11H13N3O3S2. The maximum atomic E-state index is 12.3. The van der Waals surface area contributed by atoms with E-state index in [9.17, 15) is 8.42 Å². The summed E-state index contributed by atoms with van der Waals surface area (Å²) in [5, 5.41) is 16.6. The Hall–Kier alpha value is -1.51. The minimum Gasteiger partial charge on any atom is -0.392 e. The number of sulfonamides is 1. The van der Waals surface area contributed by atoms with E-state index in [0.717, 1.165) is 16.9 Å². The molecule has 19 heavy (non-hydrogen) atoms. The summed E-state index contributed by atoms with van der Waals surface area (Å²) in [4.78, 5) is 0.145. The molecule has 0 amide bonds. The van der Waals surface area contributed by atoms with E-state index in [1.165, 1.54) is 11.6 Å². The Morgan fingerprint density at radius 1 is 1.37 bits per heavy atom. The van der Waals surface area contributed by atoms with Gasteiger partial charge in [0, 0.05) is 0 Å². The molecule has 0 aliphatic carbocycles. The highest BCUT2D eigenvalue weighted by molar-refractivity contribution is 7.93. The van der Waals surface area contributed by atoms with E-state index in [4.69, 9.17) is 5.11 Å². The van der Waals surface area contributed by atoms with Crippen molar-refractivity contribution in [2.75, 3.05) is 4.72 Å². The number of benzene rings is 1. The monoisotopic (exact) mass is 299 g/mol. The standard InChI is InChI=1S/C11H13N3O3S2/c1-7-3-9(5-15)4-10(8(7)2)19(16,17)14-11-13-12-6-18-11/h3-4,6,15H,5H2,1-2H3,(H,13,14). The lowest BCUT2D eigenvalue weighted by atomic mass is 10.1. The number of hydrogen-bond donors (Lipinski definition) is 2. The number of hydrogen-bond acceptors (Lipinski definition) is 6. The first-order chi connectivity index (χ1) is 8.94. The number of aryl methyl sites for hydroxylation is 1. The molecule has 0 atom stereocenters. The summed E-state index contributed by atoms with van der Waals surface area (Å²) in [7, 11) is -3.72. The van der Waals surface area contributed by atoms with Crippen LogP contribution in [0.3, 0.4) is 0 Å². The minimum absolute atomic E-state index is 0.145. The van der Waals surface area contributed by atoms with Crippen molar-refractivity contribution in [1.29, 1.82) is 0 Å². The number of rotatable bonds is 4. The van der Waals surface area contributed by atoms with Crippen molar-refractivity contribution in [3.63, 3.8) is 0 Å². The average Bonchev–Trinajstić information content (AvgIpc) is 2.84. The molecule has 1 heterocycles. The molecule has 0 spiro atoms. The summed E-state index contributed by atoms with van der Waals surface area (Å²) in [5.74, 6) is 0. The predicted octanol–water partition coefficient (Wildman–Crippen LogP) is 1.45. The van der Waals surface area contributed by atoms with Crippen LogP contribution in [0.25, 0.3) is 0 Å². The van der Waals surface area contributed by atoms with Crippen LogP contribution in [0, 0.1) is 13.8 Å². The zero-order valence-electron chi connectivity index (χ0n) is 10.4. The third-order valence-corrected chi connectivity index (χ3v) is 4.93. The van der Waals surface area contributed by atoms with Crippen LogP contribution in [-0.4, -0.2) is 23.7 Å². The van der Waals surface area contributed by atoms with Gasteiger partial charge in [0.15, 0.2) is 0 Å². The SMILES string of the molecule is Cc1cc(CO)cc(S(=O)(=O)Nc2nncs2)c1C. The molecule has 102 valence electrons. The number of aliphatic hydroxyl groups is 1. The van der Waals surface area contributed by atoms with Gasteiger partial charge in [0.1, 0.15) is 5.51 Å². The highest BCUT2D eigenvalue weighted by Crippen LogP contribution is 2.24. The van der Waals surface area contributed by atoms with Gasteiger partial charge in [-0.25, -0.2) is 8.42 Å². The van der Waals surface area contributed by atoms with Crippen LogP contribution < -0.4 is 4.72 Å². The number of anilines is 1. The van der Waals surface area contributed by atoms with Gasteiger partial charge >= 0.3 is 0 Å². The van der Waals surface area contributed by atoms with Crippen LogP contribution in [0.1, 0.15) is 16.7 Å². The van der Waals surface area contributed by atoms with Gasteiger partial charge in [0.05, 0.1) is 11.5 Å². The molecule has 0 aliphatic heterocycles. The van der Waals surface area contributed by atoms with Gasteiger partial charge in [-0.3, -0.25) is 4.72 Å².